The third kappa shape index (κ3) is 4.50. The van der Waals surface area contributed by atoms with Crippen molar-refractivity contribution in [2.45, 2.75) is 13.5 Å². The normalized spacial score (nSPS) is 10.5. The number of thiocarbonyl (C=S) groups is 1. The summed E-state index contributed by atoms with van der Waals surface area (Å²) in [5.74, 6) is -0.910. The standard InChI is InChI=1S/C12H16N2O2S/c1-2-14(8-11(13)17)7-9-3-5-10(6-4-9)12(15)16/h3-6H,2,7-8H2,1H3,(H2,13,17)(H,15,16). The Morgan fingerprint density at radius 1 is 1.41 bits per heavy atom. The highest BCUT2D eigenvalue weighted by atomic mass is 32.1. The molecule has 0 amide bonds. The maximum atomic E-state index is 10.7. The minimum absolute atomic E-state index is 0.297. The van der Waals surface area contributed by atoms with Crippen molar-refractivity contribution in [2.24, 2.45) is 5.73 Å². The molecule has 92 valence electrons. The largest absolute Gasteiger partial charge is 0.478 e. The summed E-state index contributed by atoms with van der Waals surface area (Å²) >= 11 is 4.87. The van der Waals surface area contributed by atoms with E-state index in [-0.39, 0.29) is 0 Å². The summed E-state index contributed by atoms with van der Waals surface area (Å²) in [6.07, 6.45) is 0. The lowest BCUT2D eigenvalue weighted by molar-refractivity contribution is 0.0697. The van der Waals surface area contributed by atoms with E-state index in [1.165, 1.54) is 0 Å². The molecule has 0 aromatic heterocycles. The van der Waals surface area contributed by atoms with Crippen LogP contribution in [0, 0.1) is 0 Å². The lowest BCUT2D eigenvalue weighted by atomic mass is 10.1. The van der Waals surface area contributed by atoms with Gasteiger partial charge in [0.25, 0.3) is 0 Å². The smallest absolute Gasteiger partial charge is 0.335 e. The van der Waals surface area contributed by atoms with Crippen molar-refractivity contribution >= 4 is 23.2 Å². The zero-order valence-electron chi connectivity index (χ0n) is 9.72. The molecule has 5 heteroatoms. The van der Waals surface area contributed by atoms with Gasteiger partial charge in [-0.05, 0) is 24.2 Å². The third-order valence-corrected chi connectivity index (χ3v) is 2.56. The number of hydrogen-bond acceptors (Lipinski definition) is 3. The van der Waals surface area contributed by atoms with Gasteiger partial charge in [-0.3, -0.25) is 4.90 Å². The number of hydrogen-bond donors (Lipinski definition) is 2. The number of likely N-dealkylation sites (N-methyl/N-ethyl adjacent to an activating group) is 1. The van der Waals surface area contributed by atoms with Gasteiger partial charge in [0.05, 0.1) is 10.6 Å². The Kier molecular flexibility index (Phi) is 5.06. The molecule has 0 bridgehead atoms. The van der Waals surface area contributed by atoms with E-state index in [1.54, 1.807) is 12.1 Å². The van der Waals surface area contributed by atoms with Gasteiger partial charge in [-0.25, -0.2) is 4.79 Å². The Hall–Kier alpha value is -1.46. The first-order valence-corrected chi connectivity index (χ1v) is 5.76. The zero-order valence-corrected chi connectivity index (χ0v) is 10.5. The zero-order chi connectivity index (χ0) is 12.8. The van der Waals surface area contributed by atoms with Crippen molar-refractivity contribution in [3.05, 3.63) is 35.4 Å². The van der Waals surface area contributed by atoms with Gasteiger partial charge in [-0.2, -0.15) is 0 Å². The first kappa shape index (κ1) is 13.6. The highest BCUT2D eigenvalue weighted by Crippen LogP contribution is 2.07. The first-order chi connectivity index (χ1) is 8.02. The monoisotopic (exact) mass is 252 g/mol. The lowest BCUT2D eigenvalue weighted by Crippen LogP contribution is -2.32. The van der Waals surface area contributed by atoms with E-state index in [9.17, 15) is 4.79 Å². The molecule has 17 heavy (non-hydrogen) atoms. The quantitative estimate of drug-likeness (QED) is 0.751. The van der Waals surface area contributed by atoms with E-state index in [1.807, 2.05) is 19.1 Å². The van der Waals surface area contributed by atoms with Gasteiger partial charge in [-0.15, -0.1) is 0 Å². The minimum Gasteiger partial charge on any atom is -0.478 e. The van der Waals surface area contributed by atoms with Crippen LogP contribution in [0.25, 0.3) is 0 Å². The Balaban J connectivity index is 2.67. The predicted octanol–water partition coefficient (Wildman–Crippen LogP) is 1.49. The molecule has 0 aliphatic rings. The average Bonchev–Trinajstić information content (AvgIpc) is 2.28. The lowest BCUT2D eigenvalue weighted by Gasteiger charge is -2.19. The van der Waals surface area contributed by atoms with Gasteiger partial charge in [-0.1, -0.05) is 31.3 Å². The predicted molar refractivity (Wildman–Crippen MR) is 71.1 cm³/mol. The summed E-state index contributed by atoms with van der Waals surface area (Å²) in [6.45, 7) is 4.17. The Labute approximate surface area is 106 Å². The van der Waals surface area contributed by atoms with E-state index in [4.69, 9.17) is 23.1 Å². The van der Waals surface area contributed by atoms with Crippen molar-refractivity contribution in [1.82, 2.24) is 4.90 Å². The van der Waals surface area contributed by atoms with Crippen molar-refractivity contribution in [3.63, 3.8) is 0 Å². The van der Waals surface area contributed by atoms with Crippen LogP contribution in [0.1, 0.15) is 22.8 Å². The molecule has 0 spiro atoms. The molecule has 0 unspecified atom stereocenters. The maximum Gasteiger partial charge on any atom is 0.335 e. The maximum absolute atomic E-state index is 10.7. The van der Waals surface area contributed by atoms with Crippen molar-refractivity contribution in [2.75, 3.05) is 13.1 Å². The van der Waals surface area contributed by atoms with Crippen LogP contribution >= 0.6 is 12.2 Å². The third-order valence-electron chi connectivity index (χ3n) is 2.43. The van der Waals surface area contributed by atoms with Crippen LogP contribution in [0.15, 0.2) is 24.3 Å². The summed E-state index contributed by atoms with van der Waals surface area (Å²) in [5.41, 5.74) is 6.84. The first-order valence-electron chi connectivity index (χ1n) is 5.35. The fraction of sp³-hybridized carbons (Fsp3) is 0.333. The Morgan fingerprint density at radius 3 is 2.41 bits per heavy atom. The number of carboxylic acid groups (broad SMARTS) is 1. The number of nitrogens with zero attached hydrogens (tertiary/aromatic N) is 1. The summed E-state index contributed by atoms with van der Waals surface area (Å²) in [5, 5.41) is 8.78. The topological polar surface area (TPSA) is 66.6 Å². The van der Waals surface area contributed by atoms with E-state index in [0.29, 0.717) is 23.6 Å². The molecule has 0 saturated heterocycles. The Morgan fingerprint density at radius 2 is 2.00 bits per heavy atom. The van der Waals surface area contributed by atoms with Crippen LogP contribution in [0.2, 0.25) is 0 Å². The molecule has 0 aliphatic heterocycles. The highest BCUT2D eigenvalue weighted by molar-refractivity contribution is 7.80. The fourth-order valence-corrected chi connectivity index (χ4v) is 1.69. The van der Waals surface area contributed by atoms with E-state index < -0.39 is 5.97 Å². The van der Waals surface area contributed by atoms with Gasteiger partial charge >= 0.3 is 5.97 Å². The molecule has 1 rings (SSSR count). The molecule has 0 atom stereocenters. The van der Waals surface area contributed by atoms with Crippen LogP contribution < -0.4 is 5.73 Å². The number of benzene rings is 1. The van der Waals surface area contributed by atoms with Gasteiger partial charge in [0.15, 0.2) is 0 Å². The number of rotatable bonds is 6. The van der Waals surface area contributed by atoms with Crippen molar-refractivity contribution in [3.8, 4) is 0 Å². The van der Waals surface area contributed by atoms with Gasteiger partial charge < -0.3 is 10.8 Å². The van der Waals surface area contributed by atoms with Crippen molar-refractivity contribution in [1.29, 1.82) is 0 Å². The van der Waals surface area contributed by atoms with Crippen LogP contribution in [-0.4, -0.2) is 34.1 Å². The minimum atomic E-state index is -0.910. The molecule has 1 aromatic rings. The highest BCUT2D eigenvalue weighted by Gasteiger charge is 2.06. The molecule has 3 N–H and O–H groups in total. The molecule has 0 heterocycles. The number of nitrogens with two attached hydrogens (primary N) is 1. The summed E-state index contributed by atoms with van der Waals surface area (Å²) in [4.78, 5) is 13.3. The van der Waals surface area contributed by atoms with Crippen LogP contribution in [0.4, 0.5) is 0 Å². The summed E-state index contributed by atoms with van der Waals surface area (Å²) < 4.78 is 0. The second kappa shape index (κ2) is 6.32. The van der Waals surface area contributed by atoms with Crippen molar-refractivity contribution < 1.29 is 9.90 Å². The molecule has 0 aliphatic carbocycles. The second-order valence-electron chi connectivity index (χ2n) is 3.77. The van der Waals surface area contributed by atoms with Crippen LogP contribution in [0.5, 0.6) is 0 Å². The summed E-state index contributed by atoms with van der Waals surface area (Å²) in [7, 11) is 0. The summed E-state index contributed by atoms with van der Waals surface area (Å²) in [6, 6.07) is 6.83. The van der Waals surface area contributed by atoms with Gasteiger partial charge in [0, 0.05) is 13.1 Å². The average molecular weight is 252 g/mol. The molecular weight excluding hydrogens is 236 g/mol. The number of carboxylic acids is 1. The number of aromatic carboxylic acids is 1. The molecule has 0 fully saturated rings. The fourth-order valence-electron chi connectivity index (χ4n) is 1.51. The van der Waals surface area contributed by atoms with Gasteiger partial charge in [0.1, 0.15) is 0 Å². The van der Waals surface area contributed by atoms with E-state index in [2.05, 4.69) is 4.90 Å². The molecule has 0 saturated carbocycles. The molecule has 1 aromatic carbocycles. The van der Waals surface area contributed by atoms with E-state index in [0.717, 1.165) is 12.1 Å². The van der Waals surface area contributed by atoms with E-state index >= 15 is 0 Å². The SMILES string of the molecule is CCN(CC(N)=S)Cc1ccc(C(=O)O)cc1. The second-order valence-corrected chi connectivity index (χ2v) is 4.30. The molecular formula is C12H16N2O2S. The number of carbonyl (C=O) groups is 1. The van der Waals surface area contributed by atoms with Gasteiger partial charge in [0.2, 0.25) is 0 Å². The molecule has 0 radical (unpaired) electrons. The van der Waals surface area contributed by atoms with Crippen LogP contribution in [0.3, 0.4) is 0 Å². The molecule has 4 nitrogen and oxygen atoms in total. The Bertz CT molecular complexity index is 403. The van der Waals surface area contributed by atoms with Crippen LogP contribution in [-0.2, 0) is 6.54 Å².